The number of carboxylic acid groups (broad SMARTS) is 2. The van der Waals surface area contributed by atoms with Gasteiger partial charge >= 0.3 is 11.9 Å². The number of hydrogen-bond acceptors (Lipinski definition) is 2. The largest absolute Gasteiger partial charge is 0.480 e. The molecule has 2 N–H and O–H groups in total. The second-order valence-electron chi connectivity index (χ2n) is 2.91. The van der Waals surface area contributed by atoms with Crippen molar-refractivity contribution in [2.75, 3.05) is 0 Å². The molecule has 0 bridgehead atoms. The summed E-state index contributed by atoms with van der Waals surface area (Å²) in [6, 6.07) is 0. The van der Waals surface area contributed by atoms with Gasteiger partial charge in [0.05, 0.1) is 0 Å². The van der Waals surface area contributed by atoms with Gasteiger partial charge < -0.3 is 10.2 Å². The van der Waals surface area contributed by atoms with Crippen molar-refractivity contribution < 1.29 is 19.8 Å². The SMILES string of the molecule is O=C(O)C1(C(=O)O)CC=CCC1. The van der Waals surface area contributed by atoms with E-state index >= 15 is 0 Å². The normalized spacial score (nSPS) is 20.3. The average Bonchev–Trinajstić information content (AvgIpc) is 2.05. The summed E-state index contributed by atoms with van der Waals surface area (Å²) in [5, 5.41) is 17.5. The first-order valence-corrected chi connectivity index (χ1v) is 3.71. The topological polar surface area (TPSA) is 74.6 Å². The Morgan fingerprint density at radius 2 is 1.75 bits per heavy atom. The van der Waals surface area contributed by atoms with Gasteiger partial charge in [0, 0.05) is 0 Å². The first-order chi connectivity index (χ1) is 5.59. The quantitative estimate of drug-likeness (QED) is 0.476. The van der Waals surface area contributed by atoms with E-state index in [0.717, 1.165) is 0 Å². The smallest absolute Gasteiger partial charge is 0.321 e. The molecule has 0 radical (unpaired) electrons. The van der Waals surface area contributed by atoms with E-state index in [9.17, 15) is 9.59 Å². The first kappa shape index (κ1) is 8.77. The molecule has 4 heteroatoms. The highest BCUT2D eigenvalue weighted by atomic mass is 16.4. The standard InChI is InChI=1S/C8H10O4/c9-6(10)8(7(11)12)4-2-1-3-5-8/h1-2H,3-5H2,(H,9,10)(H,11,12). The molecule has 1 rings (SSSR count). The van der Waals surface area contributed by atoms with Gasteiger partial charge in [-0.3, -0.25) is 9.59 Å². The van der Waals surface area contributed by atoms with Crippen molar-refractivity contribution in [1.29, 1.82) is 0 Å². The second-order valence-corrected chi connectivity index (χ2v) is 2.91. The number of allylic oxidation sites excluding steroid dienone is 2. The third-order valence-electron chi connectivity index (χ3n) is 2.19. The fraction of sp³-hybridized carbons (Fsp3) is 0.500. The van der Waals surface area contributed by atoms with Crippen molar-refractivity contribution in [3.05, 3.63) is 12.2 Å². The number of hydrogen-bond donors (Lipinski definition) is 2. The highest BCUT2D eigenvalue weighted by Crippen LogP contribution is 2.33. The number of carboxylic acids is 2. The molecule has 1 aliphatic rings. The van der Waals surface area contributed by atoms with Crippen LogP contribution in [0, 0.1) is 5.41 Å². The molecular weight excluding hydrogens is 160 g/mol. The Morgan fingerprint density at radius 3 is 2.00 bits per heavy atom. The number of aliphatic carboxylic acids is 2. The maximum Gasteiger partial charge on any atom is 0.321 e. The molecule has 4 nitrogen and oxygen atoms in total. The second kappa shape index (κ2) is 2.97. The van der Waals surface area contributed by atoms with Crippen LogP contribution in [-0.2, 0) is 9.59 Å². The van der Waals surface area contributed by atoms with Crippen molar-refractivity contribution >= 4 is 11.9 Å². The molecule has 1 aliphatic carbocycles. The van der Waals surface area contributed by atoms with Crippen LogP contribution < -0.4 is 0 Å². The molecule has 0 saturated heterocycles. The Hall–Kier alpha value is -1.32. The van der Waals surface area contributed by atoms with E-state index in [2.05, 4.69) is 0 Å². The summed E-state index contributed by atoms with van der Waals surface area (Å²) in [6.45, 7) is 0. The molecule has 66 valence electrons. The molecule has 12 heavy (non-hydrogen) atoms. The summed E-state index contributed by atoms with van der Waals surface area (Å²) in [5.41, 5.74) is -1.57. The lowest BCUT2D eigenvalue weighted by molar-refractivity contribution is -0.165. The van der Waals surface area contributed by atoms with Gasteiger partial charge in [0.1, 0.15) is 0 Å². The third kappa shape index (κ3) is 1.20. The molecule has 0 aliphatic heterocycles. The predicted molar refractivity (Wildman–Crippen MR) is 40.7 cm³/mol. The molecule has 0 fully saturated rings. The van der Waals surface area contributed by atoms with E-state index in [-0.39, 0.29) is 12.8 Å². The van der Waals surface area contributed by atoms with Crippen LogP contribution in [0.4, 0.5) is 0 Å². The van der Waals surface area contributed by atoms with Gasteiger partial charge in [-0.2, -0.15) is 0 Å². The van der Waals surface area contributed by atoms with E-state index < -0.39 is 17.4 Å². The Morgan fingerprint density at radius 1 is 1.17 bits per heavy atom. The fourth-order valence-corrected chi connectivity index (χ4v) is 1.31. The molecule has 0 heterocycles. The predicted octanol–water partition coefficient (Wildman–Crippen LogP) is 0.882. The lowest BCUT2D eigenvalue weighted by Crippen LogP contribution is -2.39. The number of rotatable bonds is 2. The van der Waals surface area contributed by atoms with Gasteiger partial charge in [-0.05, 0) is 19.3 Å². The molecule has 0 atom stereocenters. The summed E-state index contributed by atoms with van der Waals surface area (Å²) in [5.74, 6) is -2.47. The van der Waals surface area contributed by atoms with E-state index in [1.807, 2.05) is 6.08 Å². The summed E-state index contributed by atoms with van der Waals surface area (Å²) >= 11 is 0. The third-order valence-corrected chi connectivity index (χ3v) is 2.19. The van der Waals surface area contributed by atoms with Gasteiger partial charge in [-0.25, -0.2) is 0 Å². The summed E-state index contributed by atoms with van der Waals surface area (Å²) in [7, 11) is 0. The zero-order chi connectivity index (χ0) is 9.19. The Balaban J connectivity index is 2.94. The van der Waals surface area contributed by atoms with E-state index in [0.29, 0.717) is 6.42 Å². The van der Waals surface area contributed by atoms with Crippen LogP contribution in [-0.4, -0.2) is 22.2 Å². The van der Waals surface area contributed by atoms with Crippen LogP contribution in [0.1, 0.15) is 19.3 Å². The van der Waals surface area contributed by atoms with Gasteiger partial charge in [0.2, 0.25) is 0 Å². The molecule has 0 spiro atoms. The Kier molecular flexibility index (Phi) is 2.17. The minimum Gasteiger partial charge on any atom is -0.480 e. The van der Waals surface area contributed by atoms with Crippen LogP contribution in [0.5, 0.6) is 0 Å². The molecule has 0 unspecified atom stereocenters. The molecule has 0 amide bonds. The Labute approximate surface area is 69.5 Å². The van der Waals surface area contributed by atoms with E-state index in [1.54, 1.807) is 6.08 Å². The Bertz CT molecular complexity index is 227. The zero-order valence-corrected chi connectivity index (χ0v) is 6.49. The lowest BCUT2D eigenvalue weighted by atomic mass is 9.77. The van der Waals surface area contributed by atoms with Gasteiger partial charge in [-0.15, -0.1) is 0 Å². The van der Waals surface area contributed by atoms with Crippen molar-refractivity contribution in [3.8, 4) is 0 Å². The summed E-state index contributed by atoms with van der Waals surface area (Å²) in [4.78, 5) is 21.4. The zero-order valence-electron chi connectivity index (χ0n) is 6.49. The van der Waals surface area contributed by atoms with Crippen molar-refractivity contribution in [3.63, 3.8) is 0 Å². The monoisotopic (exact) mass is 170 g/mol. The highest BCUT2D eigenvalue weighted by Gasteiger charge is 2.45. The van der Waals surface area contributed by atoms with Gasteiger partial charge in [-0.1, -0.05) is 12.2 Å². The molecule has 0 aromatic rings. The van der Waals surface area contributed by atoms with Crippen molar-refractivity contribution in [2.24, 2.45) is 5.41 Å². The first-order valence-electron chi connectivity index (χ1n) is 3.71. The van der Waals surface area contributed by atoms with Crippen LogP contribution in [0.2, 0.25) is 0 Å². The fourth-order valence-electron chi connectivity index (χ4n) is 1.31. The molecule has 0 aromatic carbocycles. The molecular formula is C8H10O4. The van der Waals surface area contributed by atoms with E-state index in [1.165, 1.54) is 0 Å². The van der Waals surface area contributed by atoms with Crippen molar-refractivity contribution in [1.82, 2.24) is 0 Å². The van der Waals surface area contributed by atoms with Crippen LogP contribution >= 0.6 is 0 Å². The van der Waals surface area contributed by atoms with E-state index in [4.69, 9.17) is 10.2 Å². The van der Waals surface area contributed by atoms with Crippen molar-refractivity contribution in [2.45, 2.75) is 19.3 Å². The summed E-state index contributed by atoms with van der Waals surface area (Å²) < 4.78 is 0. The van der Waals surface area contributed by atoms with Crippen LogP contribution in [0.3, 0.4) is 0 Å². The lowest BCUT2D eigenvalue weighted by Gasteiger charge is -2.25. The number of carbonyl (C=O) groups is 2. The molecule has 0 aromatic heterocycles. The average molecular weight is 170 g/mol. The minimum atomic E-state index is -1.57. The highest BCUT2D eigenvalue weighted by molar-refractivity contribution is 5.98. The summed E-state index contributed by atoms with van der Waals surface area (Å²) in [6.07, 6.45) is 4.24. The minimum absolute atomic E-state index is 0.0949. The van der Waals surface area contributed by atoms with Crippen LogP contribution in [0.25, 0.3) is 0 Å². The molecule has 0 saturated carbocycles. The maximum atomic E-state index is 10.7. The van der Waals surface area contributed by atoms with Crippen LogP contribution in [0.15, 0.2) is 12.2 Å². The maximum absolute atomic E-state index is 10.7. The van der Waals surface area contributed by atoms with Gasteiger partial charge in [0.25, 0.3) is 0 Å². The van der Waals surface area contributed by atoms with Gasteiger partial charge in [0.15, 0.2) is 5.41 Å².